The van der Waals surface area contributed by atoms with Crippen LogP contribution in [0.1, 0.15) is 12.0 Å². The monoisotopic (exact) mass is 189 g/mol. The van der Waals surface area contributed by atoms with E-state index < -0.39 is 0 Å². The van der Waals surface area contributed by atoms with Gasteiger partial charge >= 0.3 is 0 Å². The largest absolute Gasteiger partial charge is 0.388 e. The van der Waals surface area contributed by atoms with E-state index in [1.807, 2.05) is 6.07 Å². The Kier molecular flexibility index (Phi) is 3.44. The molecule has 0 atom stereocenters. The van der Waals surface area contributed by atoms with Gasteiger partial charge < -0.3 is 11.1 Å². The summed E-state index contributed by atoms with van der Waals surface area (Å²) < 4.78 is 0. The van der Waals surface area contributed by atoms with E-state index in [0.717, 1.165) is 0 Å². The topological polar surface area (TPSA) is 98.6 Å². The number of nitrogens with two attached hydrogens (primary N) is 1. The number of aromatic nitrogens is 1. The van der Waals surface area contributed by atoms with Crippen molar-refractivity contribution in [3.8, 4) is 6.07 Å². The van der Waals surface area contributed by atoms with Gasteiger partial charge in [-0.2, -0.15) is 5.26 Å². The first kappa shape index (κ1) is 9.99. The summed E-state index contributed by atoms with van der Waals surface area (Å²) in [4.78, 5) is 4.00. The van der Waals surface area contributed by atoms with Gasteiger partial charge in [0, 0.05) is 19.2 Å². The number of nitrogens with zero attached hydrogens (tertiary/aromatic N) is 2. The fourth-order valence-electron chi connectivity index (χ4n) is 0.890. The predicted octanol–water partition coefficient (Wildman–Crippen LogP) is 0.691. The summed E-state index contributed by atoms with van der Waals surface area (Å²) in [7, 11) is 0. The smallest absolute Gasteiger partial charge is 0.125 e. The van der Waals surface area contributed by atoms with Crippen LogP contribution in [-0.4, -0.2) is 17.4 Å². The number of nitriles is 1. The maximum absolute atomic E-state index is 8.52. The minimum absolute atomic E-state index is 0.145. The van der Waals surface area contributed by atoms with E-state index in [1.165, 1.54) is 6.20 Å². The summed E-state index contributed by atoms with van der Waals surface area (Å²) >= 11 is 0. The molecule has 1 heterocycles. The molecule has 0 spiro atoms. The third kappa shape index (κ3) is 3.11. The van der Waals surface area contributed by atoms with Crippen LogP contribution in [0.2, 0.25) is 0 Å². The summed E-state index contributed by atoms with van der Waals surface area (Å²) in [5.74, 6) is 0.830. The lowest BCUT2D eigenvalue weighted by molar-refractivity contribution is 1.06. The number of pyridine rings is 1. The second kappa shape index (κ2) is 4.82. The predicted molar refractivity (Wildman–Crippen MR) is 54.0 cm³/mol. The van der Waals surface area contributed by atoms with E-state index >= 15 is 0 Å². The molecule has 0 radical (unpaired) electrons. The molecule has 0 saturated carbocycles. The summed E-state index contributed by atoms with van der Waals surface area (Å²) in [6.07, 6.45) is 1.98. The Bertz CT molecular complexity index is 348. The highest BCUT2D eigenvalue weighted by Gasteiger charge is 1.94. The molecule has 0 saturated heterocycles. The van der Waals surface area contributed by atoms with E-state index in [2.05, 4.69) is 10.3 Å². The highest BCUT2D eigenvalue weighted by atomic mass is 15.0. The van der Waals surface area contributed by atoms with Crippen LogP contribution >= 0.6 is 0 Å². The zero-order valence-corrected chi connectivity index (χ0v) is 7.62. The molecule has 5 heteroatoms. The minimum Gasteiger partial charge on any atom is -0.388 e. The second-order valence-electron chi connectivity index (χ2n) is 2.75. The first-order valence-electron chi connectivity index (χ1n) is 4.15. The van der Waals surface area contributed by atoms with Crippen molar-refractivity contribution in [1.29, 1.82) is 10.7 Å². The first-order valence-corrected chi connectivity index (χ1v) is 4.15. The van der Waals surface area contributed by atoms with Crippen molar-refractivity contribution < 1.29 is 0 Å². The molecule has 0 amide bonds. The molecule has 0 aliphatic rings. The summed E-state index contributed by atoms with van der Waals surface area (Å²) in [5, 5.41) is 18.5. The molecule has 1 aromatic rings. The Balaban J connectivity index is 2.45. The van der Waals surface area contributed by atoms with Gasteiger partial charge in [0.2, 0.25) is 0 Å². The van der Waals surface area contributed by atoms with Gasteiger partial charge in [-0.15, -0.1) is 0 Å². The molecular weight excluding hydrogens is 178 g/mol. The normalized spacial score (nSPS) is 9.07. The Morgan fingerprint density at radius 3 is 2.93 bits per heavy atom. The van der Waals surface area contributed by atoms with Crippen LogP contribution in [0.15, 0.2) is 18.3 Å². The first-order chi connectivity index (χ1) is 6.72. The molecule has 1 aromatic heterocycles. The van der Waals surface area contributed by atoms with Gasteiger partial charge in [-0.05, 0) is 12.1 Å². The van der Waals surface area contributed by atoms with Crippen molar-refractivity contribution in [2.45, 2.75) is 6.42 Å². The van der Waals surface area contributed by atoms with Crippen molar-refractivity contribution in [1.82, 2.24) is 4.98 Å². The molecule has 0 fully saturated rings. The highest BCUT2D eigenvalue weighted by molar-refractivity contribution is 5.77. The fourth-order valence-corrected chi connectivity index (χ4v) is 0.890. The van der Waals surface area contributed by atoms with Crippen LogP contribution in [0.25, 0.3) is 0 Å². The third-order valence-electron chi connectivity index (χ3n) is 1.59. The quantitative estimate of drug-likeness (QED) is 0.479. The van der Waals surface area contributed by atoms with Crippen molar-refractivity contribution in [3.63, 3.8) is 0 Å². The van der Waals surface area contributed by atoms with Gasteiger partial charge in [0.15, 0.2) is 0 Å². The second-order valence-corrected chi connectivity index (χ2v) is 2.75. The van der Waals surface area contributed by atoms with Gasteiger partial charge in [0.25, 0.3) is 0 Å². The number of anilines is 1. The molecule has 14 heavy (non-hydrogen) atoms. The number of amidine groups is 1. The van der Waals surface area contributed by atoms with Gasteiger partial charge in [-0.3, -0.25) is 5.41 Å². The SMILES string of the molecule is N#Cc1ccc(NCCC(=N)N)nc1. The lowest BCUT2D eigenvalue weighted by atomic mass is 10.3. The van der Waals surface area contributed by atoms with Gasteiger partial charge in [-0.1, -0.05) is 0 Å². The molecule has 72 valence electrons. The number of hydrogen-bond acceptors (Lipinski definition) is 4. The number of rotatable bonds is 4. The van der Waals surface area contributed by atoms with Gasteiger partial charge in [0.1, 0.15) is 11.9 Å². The van der Waals surface area contributed by atoms with E-state index in [9.17, 15) is 0 Å². The van der Waals surface area contributed by atoms with Crippen molar-refractivity contribution in [3.05, 3.63) is 23.9 Å². The maximum atomic E-state index is 8.52. The van der Waals surface area contributed by atoms with Crippen LogP contribution < -0.4 is 11.1 Å². The van der Waals surface area contributed by atoms with E-state index in [0.29, 0.717) is 24.3 Å². The van der Waals surface area contributed by atoms with Crippen LogP contribution in [0, 0.1) is 16.7 Å². The maximum Gasteiger partial charge on any atom is 0.125 e. The molecule has 0 unspecified atom stereocenters. The lowest BCUT2D eigenvalue weighted by Crippen LogP contribution is -2.15. The molecule has 0 aliphatic carbocycles. The molecule has 4 N–H and O–H groups in total. The van der Waals surface area contributed by atoms with E-state index in [1.54, 1.807) is 12.1 Å². The van der Waals surface area contributed by atoms with Crippen molar-refractivity contribution in [2.24, 2.45) is 5.73 Å². The summed E-state index contributed by atoms with van der Waals surface area (Å²) in [5.41, 5.74) is 5.71. The number of nitrogens with one attached hydrogen (secondary N) is 2. The summed E-state index contributed by atoms with van der Waals surface area (Å²) in [6, 6.07) is 5.39. The molecular formula is C9H11N5. The third-order valence-corrected chi connectivity index (χ3v) is 1.59. The number of hydrogen-bond donors (Lipinski definition) is 3. The van der Waals surface area contributed by atoms with Crippen LogP contribution in [0.4, 0.5) is 5.82 Å². The highest BCUT2D eigenvalue weighted by Crippen LogP contribution is 2.03. The zero-order chi connectivity index (χ0) is 10.4. The Morgan fingerprint density at radius 1 is 1.64 bits per heavy atom. The molecule has 1 rings (SSSR count). The standard InChI is InChI=1S/C9H11N5/c10-5-7-1-2-9(14-6-7)13-4-3-8(11)12/h1-2,6H,3-4H2,(H3,11,12)(H,13,14). The summed E-state index contributed by atoms with van der Waals surface area (Å²) in [6.45, 7) is 0.578. The minimum atomic E-state index is 0.145. The van der Waals surface area contributed by atoms with Gasteiger partial charge in [0.05, 0.1) is 11.4 Å². The van der Waals surface area contributed by atoms with E-state index in [-0.39, 0.29) is 5.84 Å². The van der Waals surface area contributed by atoms with Crippen LogP contribution in [0.5, 0.6) is 0 Å². The molecule has 0 aromatic carbocycles. The Hall–Kier alpha value is -2.09. The Labute approximate surface area is 82.1 Å². The van der Waals surface area contributed by atoms with Crippen LogP contribution in [-0.2, 0) is 0 Å². The average Bonchev–Trinajstić information content (AvgIpc) is 2.18. The fraction of sp³-hybridized carbons (Fsp3) is 0.222. The molecule has 0 aliphatic heterocycles. The van der Waals surface area contributed by atoms with Crippen molar-refractivity contribution >= 4 is 11.7 Å². The molecule has 0 bridgehead atoms. The van der Waals surface area contributed by atoms with Crippen LogP contribution in [0.3, 0.4) is 0 Å². The van der Waals surface area contributed by atoms with E-state index in [4.69, 9.17) is 16.4 Å². The Morgan fingerprint density at radius 2 is 2.43 bits per heavy atom. The van der Waals surface area contributed by atoms with Crippen molar-refractivity contribution in [2.75, 3.05) is 11.9 Å². The lowest BCUT2D eigenvalue weighted by Gasteiger charge is -2.03. The molecule has 5 nitrogen and oxygen atoms in total. The zero-order valence-electron chi connectivity index (χ0n) is 7.62. The van der Waals surface area contributed by atoms with Gasteiger partial charge in [-0.25, -0.2) is 4.98 Å². The average molecular weight is 189 g/mol.